The van der Waals surface area contributed by atoms with Crippen molar-refractivity contribution in [1.82, 2.24) is 10.6 Å². The fraction of sp³-hybridized carbons (Fsp3) is 0.909. The van der Waals surface area contributed by atoms with E-state index in [4.69, 9.17) is 5.11 Å². The summed E-state index contributed by atoms with van der Waals surface area (Å²) in [4.78, 5) is 10.5. The molecule has 1 fully saturated rings. The van der Waals surface area contributed by atoms with E-state index in [1.165, 1.54) is 0 Å². The summed E-state index contributed by atoms with van der Waals surface area (Å²) in [5.41, 5.74) is 0.107. The number of hydrogen-bond donors (Lipinski definition) is 3. The third-order valence-electron chi connectivity index (χ3n) is 2.64. The number of nitrogens with one attached hydrogen (secondary N) is 2. The molecule has 1 aliphatic carbocycles. The van der Waals surface area contributed by atoms with Crippen LogP contribution >= 0.6 is 0 Å². The molecule has 4 heteroatoms. The molecule has 0 saturated heterocycles. The minimum Gasteiger partial charge on any atom is -0.465 e. The molecular weight excluding hydrogens is 192 g/mol. The van der Waals surface area contributed by atoms with Crippen LogP contribution in [0.4, 0.5) is 4.79 Å². The second-order valence-electron chi connectivity index (χ2n) is 5.40. The van der Waals surface area contributed by atoms with E-state index in [0.29, 0.717) is 6.04 Å². The fourth-order valence-electron chi connectivity index (χ4n) is 2.24. The maximum atomic E-state index is 10.5. The monoisotopic (exact) mass is 214 g/mol. The Balaban J connectivity index is 2.38. The van der Waals surface area contributed by atoms with E-state index in [9.17, 15) is 4.79 Å². The van der Waals surface area contributed by atoms with Crippen molar-refractivity contribution >= 4 is 6.09 Å². The Labute approximate surface area is 91.4 Å². The van der Waals surface area contributed by atoms with Crippen molar-refractivity contribution in [1.29, 1.82) is 0 Å². The quantitative estimate of drug-likeness (QED) is 0.658. The van der Waals surface area contributed by atoms with Crippen LogP contribution in [0, 0.1) is 0 Å². The summed E-state index contributed by atoms with van der Waals surface area (Å²) in [7, 11) is 0. The zero-order chi connectivity index (χ0) is 11.5. The summed E-state index contributed by atoms with van der Waals surface area (Å²) in [5.74, 6) is 0. The van der Waals surface area contributed by atoms with E-state index in [0.717, 1.165) is 25.7 Å². The zero-order valence-electron chi connectivity index (χ0n) is 9.84. The first-order valence-electron chi connectivity index (χ1n) is 5.64. The Morgan fingerprint density at radius 3 is 2.40 bits per heavy atom. The lowest BCUT2D eigenvalue weighted by atomic mass is 9.89. The highest BCUT2D eigenvalue weighted by molar-refractivity contribution is 5.64. The summed E-state index contributed by atoms with van der Waals surface area (Å²) in [6.07, 6.45) is 3.21. The molecule has 0 bridgehead atoms. The predicted molar refractivity (Wildman–Crippen MR) is 60.1 cm³/mol. The summed E-state index contributed by atoms with van der Waals surface area (Å²) in [5, 5.41) is 14.8. The molecule has 1 amide bonds. The molecule has 0 radical (unpaired) electrons. The molecule has 0 spiro atoms. The maximum absolute atomic E-state index is 10.5. The van der Waals surface area contributed by atoms with Gasteiger partial charge in [0.25, 0.3) is 0 Å². The summed E-state index contributed by atoms with van der Waals surface area (Å²) < 4.78 is 0. The van der Waals surface area contributed by atoms with Gasteiger partial charge in [-0.1, -0.05) is 0 Å². The molecule has 3 N–H and O–H groups in total. The van der Waals surface area contributed by atoms with Crippen molar-refractivity contribution in [2.24, 2.45) is 0 Å². The molecule has 88 valence electrons. The highest BCUT2D eigenvalue weighted by Gasteiger charge is 2.25. The molecule has 4 nitrogen and oxygen atoms in total. The van der Waals surface area contributed by atoms with Crippen molar-refractivity contribution in [3.63, 3.8) is 0 Å². The van der Waals surface area contributed by atoms with Crippen molar-refractivity contribution in [2.75, 3.05) is 0 Å². The van der Waals surface area contributed by atoms with E-state index < -0.39 is 6.09 Å². The molecule has 1 saturated carbocycles. The smallest absolute Gasteiger partial charge is 0.404 e. The highest BCUT2D eigenvalue weighted by atomic mass is 16.4. The van der Waals surface area contributed by atoms with Gasteiger partial charge in [-0.15, -0.1) is 0 Å². The number of carbonyl (C=O) groups is 1. The molecule has 0 aromatic carbocycles. The van der Waals surface area contributed by atoms with E-state index in [1.807, 2.05) is 0 Å². The molecule has 0 heterocycles. The largest absolute Gasteiger partial charge is 0.465 e. The number of amides is 1. The summed E-state index contributed by atoms with van der Waals surface area (Å²) in [6, 6.07) is 0.562. The maximum Gasteiger partial charge on any atom is 0.404 e. The van der Waals surface area contributed by atoms with Crippen molar-refractivity contribution in [3.8, 4) is 0 Å². The van der Waals surface area contributed by atoms with Gasteiger partial charge >= 0.3 is 6.09 Å². The fourth-order valence-corrected chi connectivity index (χ4v) is 2.24. The van der Waals surface area contributed by atoms with Gasteiger partial charge in [0, 0.05) is 17.6 Å². The number of hydrogen-bond acceptors (Lipinski definition) is 2. The van der Waals surface area contributed by atoms with Crippen LogP contribution in [0.3, 0.4) is 0 Å². The molecule has 0 aliphatic heterocycles. The first-order valence-corrected chi connectivity index (χ1v) is 5.64. The molecule has 0 aromatic heterocycles. The van der Waals surface area contributed by atoms with Crippen LogP contribution in [-0.4, -0.2) is 28.8 Å². The van der Waals surface area contributed by atoms with Gasteiger partial charge in [-0.25, -0.2) is 4.79 Å². The van der Waals surface area contributed by atoms with Gasteiger partial charge in [0.2, 0.25) is 0 Å². The Hall–Kier alpha value is -0.770. The Bertz CT molecular complexity index is 223. The third-order valence-corrected chi connectivity index (χ3v) is 2.64. The standard InChI is InChI=1S/C11H22N2O2/c1-11(2,3)13-9-6-4-5-8(7-9)12-10(14)15/h8-9,12-13H,4-7H2,1-3H3,(H,14,15)/t8?,9-/m1/s1. The van der Waals surface area contributed by atoms with Crippen LogP contribution in [0.1, 0.15) is 46.5 Å². The second-order valence-corrected chi connectivity index (χ2v) is 5.40. The minimum atomic E-state index is -0.906. The lowest BCUT2D eigenvalue weighted by Crippen LogP contribution is -2.49. The number of carboxylic acid groups (broad SMARTS) is 1. The lowest BCUT2D eigenvalue weighted by Gasteiger charge is -2.34. The van der Waals surface area contributed by atoms with E-state index in [2.05, 4.69) is 31.4 Å². The van der Waals surface area contributed by atoms with Crippen LogP contribution in [0.15, 0.2) is 0 Å². The van der Waals surface area contributed by atoms with Gasteiger partial charge in [-0.3, -0.25) is 0 Å². The summed E-state index contributed by atoms with van der Waals surface area (Å²) in [6.45, 7) is 6.42. The van der Waals surface area contributed by atoms with Crippen LogP contribution in [0.2, 0.25) is 0 Å². The molecule has 1 rings (SSSR count). The Morgan fingerprint density at radius 2 is 1.87 bits per heavy atom. The molecular formula is C11H22N2O2. The first-order chi connectivity index (χ1) is 6.87. The Morgan fingerprint density at radius 1 is 1.27 bits per heavy atom. The van der Waals surface area contributed by atoms with E-state index in [1.54, 1.807) is 0 Å². The van der Waals surface area contributed by atoms with Crippen molar-refractivity contribution in [3.05, 3.63) is 0 Å². The molecule has 15 heavy (non-hydrogen) atoms. The zero-order valence-corrected chi connectivity index (χ0v) is 9.84. The van der Waals surface area contributed by atoms with Crippen LogP contribution in [0.25, 0.3) is 0 Å². The van der Waals surface area contributed by atoms with Crippen LogP contribution in [-0.2, 0) is 0 Å². The van der Waals surface area contributed by atoms with Crippen LogP contribution < -0.4 is 10.6 Å². The average molecular weight is 214 g/mol. The van der Waals surface area contributed by atoms with E-state index >= 15 is 0 Å². The highest BCUT2D eigenvalue weighted by Crippen LogP contribution is 2.20. The van der Waals surface area contributed by atoms with Gasteiger partial charge < -0.3 is 15.7 Å². The first kappa shape index (κ1) is 12.3. The predicted octanol–water partition coefficient (Wildman–Crippen LogP) is 1.95. The van der Waals surface area contributed by atoms with Crippen LogP contribution in [0.5, 0.6) is 0 Å². The molecule has 1 unspecified atom stereocenters. The van der Waals surface area contributed by atoms with Gasteiger partial charge in [0.15, 0.2) is 0 Å². The molecule has 0 aromatic rings. The van der Waals surface area contributed by atoms with Crippen molar-refractivity contribution in [2.45, 2.75) is 64.1 Å². The van der Waals surface area contributed by atoms with Crippen molar-refractivity contribution < 1.29 is 9.90 Å². The molecule has 2 atom stereocenters. The summed E-state index contributed by atoms with van der Waals surface area (Å²) >= 11 is 0. The second kappa shape index (κ2) is 4.84. The van der Waals surface area contributed by atoms with Gasteiger partial charge in [0.05, 0.1) is 0 Å². The lowest BCUT2D eigenvalue weighted by molar-refractivity contribution is 0.181. The minimum absolute atomic E-state index is 0.107. The topological polar surface area (TPSA) is 61.4 Å². The van der Waals surface area contributed by atoms with Gasteiger partial charge in [0.1, 0.15) is 0 Å². The average Bonchev–Trinajstić information content (AvgIpc) is 1.99. The SMILES string of the molecule is CC(C)(C)N[C@@H]1CCCC(NC(=O)O)C1. The van der Waals surface area contributed by atoms with Gasteiger partial charge in [-0.05, 0) is 46.5 Å². The Kier molecular flexibility index (Phi) is 3.97. The van der Waals surface area contributed by atoms with Gasteiger partial charge in [-0.2, -0.15) is 0 Å². The number of rotatable bonds is 2. The third kappa shape index (κ3) is 5.02. The normalized spacial score (nSPS) is 27.4. The molecule has 1 aliphatic rings. The van der Waals surface area contributed by atoms with E-state index in [-0.39, 0.29) is 11.6 Å².